The highest BCUT2D eigenvalue weighted by atomic mass is 31.2. The summed E-state index contributed by atoms with van der Waals surface area (Å²) in [4.78, 5) is 0. The van der Waals surface area contributed by atoms with Crippen LogP contribution in [0.5, 0.6) is 0 Å². The van der Waals surface area contributed by atoms with E-state index in [1.807, 2.05) is 20.8 Å². The van der Waals surface area contributed by atoms with Gasteiger partial charge in [0.15, 0.2) is 0 Å². The second kappa shape index (κ2) is 2.35. The van der Waals surface area contributed by atoms with Gasteiger partial charge in [-0.05, 0) is 0 Å². The van der Waals surface area contributed by atoms with Crippen LogP contribution in [-0.2, 0) is 9.30 Å². The molecule has 0 aromatic heterocycles. The van der Waals surface area contributed by atoms with Crippen LogP contribution in [0.1, 0.15) is 20.8 Å². The highest BCUT2D eigenvalue weighted by Crippen LogP contribution is 2.59. The van der Waals surface area contributed by atoms with Crippen molar-refractivity contribution in [3.8, 4) is 0 Å². The molecule has 0 aromatic rings. The minimum atomic E-state index is -1.98. The van der Waals surface area contributed by atoms with Gasteiger partial charge >= 0.3 is 0 Å². The Kier molecular flexibility index (Phi) is 1.95. The van der Waals surface area contributed by atoms with Crippen molar-refractivity contribution in [1.29, 1.82) is 0 Å². The number of hydrogen-bond acceptors (Lipinski definition) is 2. The van der Waals surface area contributed by atoms with Gasteiger partial charge in [-0.2, -0.15) is 0 Å². The molecule has 0 aliphatic carbocycles. The van der Waals surface area contributed by atoms with E-state index < -0.39 is 7.14 Å². The molecule has 1 saturated heterocycles. The normalized spacial score (nSPS) is 34.7. The van der Waals surface area contributed by atoms with Crippen LogP contribution < -0.4 is 0 Å². The molecule has 1 atom stereocenters. The zero-order valence-corrected chi connectivity index (χ0v) is 7.78. The molecule has 0 bridgehead atoms. The van der Waals surface area contributed by atoms with Crippen molar-refractivity contribution in [2.75, 3.05) is 19.1 Å². The van der Waals surface area contributed by atoms with Gasteiger partial charge in [-0.1, -0.05) is 20.8 Å². The van der Waals surface area contributed by atoms with E-state index in [2.05, 4.69) is 0 Å². The molecule has 1 heterocycles. The molecule has 0 amide bonds. The van der Waals surface area contributed by atoms with Gasteiger partial charge in [0.2, 0.25) is 0 Å². The van der Waals surface area contributed by atoms with Gasteiger partial charge in [0.1, 0.15) is 13.5 Å². The Morgan fingerprint density at radius 3 is 2.20 bits per heavy atom. The molecule has 0 saturated carbocycles. The van der Waals surface area contributed by atoms with Crippen molar-refractivity contribution in [3.05, 3.63) is 0 Å². The van der Waals surface area contributed by atoms with E-state index in [4.69, 9.17) is 4.74 Å². The van der Waals surface area contributed by atoms with Gasteiger partial charge in [0.05, 0.1) is 6.61 Å². The summed E-state index contributed by atoms with van der Waals surface area (Å²) >= 11 is 0. The molecule has 0 N–H and O–H groups in total. The SMILES string of the molecule is CC(C)(C)P1(=O)CCOC1. The molecule has 2 nitrogen and oxygen atoms in total. The van der Waals surface area contributed by atoms with Gasteiger partial charge in [-0.25, -0.2) is 0 Å². The fraction of sp³-hybridized carbons (Fsp3) is 1.00. The first-order valence-electron chi connectivity index (χ1n) is 3.62. The van der Waals surface area contributed by atoms with Crippen LogP contribution in [0.2, 0.25) is 0 Å². The Balaban J connectivity index is 2.78. The largest absolute Gasteiger partial charge is 0.373 e. The van der Waals surface area contributed by atoms with E-state index in [0.717, 1.165) is 6.16 Å². The molecule has 1 aliphatic rings. The lowest BCUT2D eigenvalue weighted by atomic mass is 10.3. The summed E-state index contributed by atoms with van der Waals surface area (Å²) in [5, 5.41) is -0.0521. The van der Waals surface area contributed by atoms with Crippen molar-refractivity contribution in [3.63, 3.8) is 0 Å². The predicted molar refractivity (Wildman–Crippen MR) is 43.0 cm³/mol. The van der Waals surface area contributed by atoms with Crippen molar-refractivity contribution in [2.24, 2.45) is 0 Å². The zero-order chi connectivity index (χ0) is 7.83. The molecule has 0 spiro atoms. The average Bonchev–Trinajstić information content (AvgIpc) is 2.13. The monoisotopic (exact) mass is 162 g/mol. The van der Waals surface area contributed by atoms with Gasteiger partial charge in [0.25, 0.3) is 0 Å². The lowest BCUT2D eigenvalue weighted by Gasteiger charge is -2.25. The Labute approximate surface area is 62.3 Å². The van der Waals surface area contributed by atoms with E-state index in [1.54, 1.807) is 0 Å². The first-order valence-corrected chi connectivity index (χ1v) is 5.69. The van der Waals surface area contributed by atoms with E-state index in [1.165, 1.54) is 0 Å². The number of rotatable bonds is 0. The maximum absolute atomic E-state index is 11.9. The number of ether oxygens (including phenoxy) is 1. The maximum atomic E-state index is 11.9. The van der Waals surface area contributed by atoms with Gasteiger partial charge in [0, 0.05) is 11.3 Å². The third kappa shape index (κ3) is 1.28. The molecule has 3 heteroatoms. The molecule has 60 valence electrons. The van der Waals surface area contributed by atoms with Crippen LogP contribution in [0, 0.1) is 0 Å². The van der Waals surface area contributed by atoms with E-state index in [-0.39, 0.29) is 5.16 Å². The number of hydrogen-bond donors (Lipinski definition) is 0. The molecule has 1 fully saturated rings. The van der Waals surface area contributed by atoms with Crippen LogP contribution in [0.15, 0.2) is 0 Å². The molecular formula is C7H15O2P. The van der Waals surface area contributed by atoms with Crippen LogP contribution in [0.3, 0.4) is 0 Å². The highest BCUT2D eigenvalue weighted by Gasteiger charge is 2.39. The molecule has 1 aliphatic heterocycles. The minimum Gasteiger partial charge on any atom is -0.373 e. The second-order valence-corrected chi connectivity index (χ2v) is 7.65. The lowest BCUT2D eigenvalue weighted by molar-refractivity contribution is 0.214. The Morgan fingerprint density at radius 2 is 2.00 bits per heavy atom. The van der Waals surface area contributed by atoms with Crippen molar-refractivity contribution in [2.45, 2.75) is 25.9 Å². The first-order chi connectivity index (χ1) is 4.46. The van der Waals surface area contributed by atoms with Crippen LogP contribution in [-0.4, -0.2) is 24.3 Å². The van der Waals surface area contributed by atoms with Crippen LogP contribution >= 0.6 is 7.14 Å². The highest BCUT2D eigenvalue weighted by molar-refractivity contribution is 7.65. The molecule has 10 heavy (non-hydrogen) atoms. The van der Waals surface area contributed by atoms with Crippen LogP contribution in [0.4, 0.5) is 0 Å². The van der Waals surface area contributed by atoms with Crippen molar-refractivity contribution in [1.82, 2.24) is 0 Å². The standard InChI is InChI=1S/C7H15O2P/c1-7(2,3)10(8)5-4-9-6-10/h4-6H2,1-3H3. The second-order valence-electron chi connectivity index (χ2n) is 3.82. The average molecular weight is 162 g/mol. The first kappa shape index (κ1) is 8.29. The van der Waals surface area contributed by atoms with E-state index >= 15 is 0 Å². The summed E-state index contributed by atoms with van der Waals surface area (Å²) in [7, 11) is -1.98. The topological polar surface area (TPSA) is 26.3 Å². The van der Waals surface area contributed by atoms with Gasteiger partial charge in [-0.15, -0.1) is 0 Å². The smallest absolute Gasteiger partial charge is 0.119 e. The summed E-state index contributed by atoms with van der Waals surface area (Å²) in [6.45, 7) is 6.78. The molecule has 1 unspecified atom stereocenters. The zero-order valence-electron chi connectivity index (χ0n) is 6.89. The Morgan fingerprint density at radius 1 is 1.40 bits per heavy atom. The summed E-state index contributed by atoms with van der Waals surface area (Å²) in [6, 6.07) is 0. The fourth-order valence-corrected chi connectivity index (χ4v) is 3.05. The van der Waals surface area contributed by atoms with Crippen molar-refractivity contribution < 1.29 is 9.30 Å². The predicted octanol–water partition coefficient (Wildman–Crippen LogP) is 2.14. The molecular weight excluding hydrogens is 147 g/mol. The van der Waals surface area contributed by atoms with Gasteiger partial charge < -0.3 is 9.30 Å². The molecule has 0 radical (unpaired) electrons. The van der Waals surface area contributed by atoms with E-state index in [9.17, 15) is 4.57 Å². The quantitative estimate of drug-likeness (QED) is 0.510. The summed E-state index contributed by atoms with van der Waals surface area (Å²) in [5.41, 5.74) is 0. The van der Waals surface area contributed by atoms with Crippen LogP contribution in [0.25, 0.3) is 0 Å². The van der Waals surface area contributed by atoms with E-state index in [0.29, 0.717) is 13.0 Å². The maximum Gasteiger partial charge on any atom is 0.119 e. The molecule has 1 rings (SSSR count). The van der Waals surface area contributed by atoms with Gasteiger partial charge in [-0.3, -0.25) is 0 Å². The minimum absolute atomic E-state index is 0.0521. The van der Waals surface area contributed by atoms with Crippen molar-refractivity contribution >= 4 is 7.14 Å². The summed E-state index contributed by atoms with van der Waals surface area (Å²) < 4.78 is 17.0. The Hall–Kier alpha value is 0.190. The summed E-state index contributed by atoms with van der Waals surface area (Å²) in [6.07, 6.45) is 1.27. The third-order valence-corrected chi connectivity index (χ3v) is 6.07. The summed E-state index contributed by atoms with van der Waals surface area (Å²) in [5.74, 6) is 0. The fourth-order valence-electron chi connectivity index (χ4n) is 1.02. The third-order valence-electron chi connectivity index (χ3n) is 2.12. The molecule has 0 aromatic carbocycles. The lowest BCUT2D eigenvalue weighted by Crippen LogP contribution is -2.16. The Bertz CT molecular complexity index is 159.